The van der Waals surface area contributed by atoms with E-state index in [0.29, 0.717) is 96.9 Å². The predicted octanol–water partition coefficient (Wildman–Crippen LogP) is 5.18. The maximum atomic E-state index is 11.7. The monoisotopic (exact) mass is 592 g/mol. The minimum absolute atomic E-state index is 0.193. The molecule has 9 nitrogen and oxygen atoms in total. The van der Waals surface area contributed by atoms with Crippen LogP contribution >= 0.6 is 0 Å². The quantitative estimate of drug-likeness (QED) is 0.211. The van der Waals surface area contributed by atoms with Gasteiger partial charge in [-0.15, -0.1) is 19.7 Å². The van der Waals surface area contributed by atoms with Gasteiger partial charge in [0.1, 0.15) is 5.78 Å². The van der Waals surface area contributed by atoms with Crippen LogP contribution in [0.4, 0.5) is 0 Å². The smallest absolute Gasteiger partial charge is 0.315 e. The van der Waals surface area contributed by atoms with E-state index in [-0.39, 0.29) is 35.9 Å². The molecule has 3 saturated carbocycles. The molecule has 0 aromatic rings. The first-order valence-electron chi connectivity index (χ1n) is 15.2. The van der Waals surface area contributed by atoms with Crippen molar-refractivity contribution in [2.24, 2.45) is 16.2 Å². The first-order chi connectivity index (χ1) is 19.9. The second-order valence-corrected chi connectivity index (χ2v) is 11.2. The second kappa shape index (κ2) is 18.0. The number of Topliss-reactive ketones (excluding diaryl/α,β-unsaturated/α-hetero) is 1. The Balaban J connectivity index is 0.000000315. The van der Waals surface area contributed by atoms with Crippen LogP contribution in [0.1, 0.15) is 97.8 Å². The summed E-state index contributed by atoms with van der Waals surface area (Å²) in [5.41, 5.74) is -1.70. The molecule has 0 spiro atoms. The lowest BCUT2D eigenvalue weighted by Crippen LogP contribution is -2.36. The van der Waals surface area contributed by atoms with E-state index in [1.165, 1.54) is 0 Å². The van der Waals surface area contributed by atoms with Crippen molar-refractivity contribution in [3.8, 4) is 0 Å². The Kier molecular flexibility index (Phi) is 16.0. The standard InChI is InChI=1S/2C11H18O3.C11H16O3/c3*1-3-11(10(13)14-4-2)7-5-9(12)6-8-11/h2*3,9,12H,1,4-8H2,2H3;3H,1,4-8H2,2H3. The molecule has 0 aliphatic heterocycles. The minimum atomic E-state index is -0.607. The zero-order chi connectivity index (χ0) is 31.8. The average Bonchev–Trinajstić information content (AvgIpc) is 3.00. The molecule has 3 aliphatic carbocycles. The van der Waals surface area contributed by atoms with Gasteiger partial charge in [0.05, 0.1) is 48.3 Å². The van der Waals surface area contributed by atoms with E-state index in [1.54, 1.807) is 39.0 Å². The summed E-state index contributed by atoms with van der Waals surface area (Å²) in [6, 6.07) is 0. The van der Waals surface area contributed by atoms with Gasteiger partial charge in [0.25, 0.3) is 0 Å². The van der Waals surface area contributed by atoms with Crippen LogP contribution in [0.2, 0.25) is 0 Å². The molecule has 0 unspecified atom stereocenters. The van der Waals surface area contributed by atoms with Crippen LogP contribution in [-0.4, -0.2) is 65.9 Å². The molecule has 2 N–H and O–H groups in total. The summed E-state index contributed by atoms with van der Waals surface area (Å²) < 4.78 is 15.0. The summed E-state index contributed by atoms with van der Waals surface area (Å²) in [5, 5.41) is 18.7. The van der Waals surface area contributed by atoms with Crippen LogP contribution in [0, 0.1) is 16.2 Å². The highest BCUT2D eigenvalue weighted by Crippen LogP contribution is 2.40. The molecule has 3 aliphatic rings. The Hall–Kier alpha value is -2.78. The number of ketones is 1. The van der Waals surface area contributed by atoms with Gasteiger partial charge in [-0.2, -0.15) is 0 Å². The van der Waals surface area contributed by atoms with Crippen LogP contribution in [0.25, 0.3) is 0 Å². The number of esters is 3. The molecule has 3 rings (SSSR count). The molecule has 0 aromatic carbocycles. The van der Waals surface area contributed by atoms with Gasteiger partial charge in [-0.05, 0) is 85.0 Å². The summed E-state index contributed by atoms with van der Waals surface area (Å²) >= 11 is 0. The molecule has 0 amide bonds. The van der Waals surface area contributed by atoms with Crippen molar-refractivity contribution in [3.05, 3.63) is 38.0 Å². The highest BCUT2D eigenvalue weighted by molar-refractivity contribution is 5.85. The molecule has 3 fully saturated rings. The lowest BCUT2D eigenvalue weighted by Gasteiger charge is -2.33. The number of aliphatic hydroxyl groups is 2. The van der Waals surface area contributed by atoms with E-state index in [2.05, 4.69) is 19.7 Å². The number of carbonyl (C=O) groups is 4. The summed E-state index contributed by atoms with van der Waals surface area (Å²) in [7, 11) is 0. The van der Waals surface area contributed by atoms with Gasteiger partial charge in [-0.25, -0.2) is 0 Å². The lowest BCUT2D eigenvalue weighted by atomic mass is 9.73. The minimum Gasteiger partial charge on any atom is -0.465 e. The lowest BCUT2D eigenvalue weighted by molar-refractivity contribution is -0.156. The van der Waals surface area contributed by atoms with Crippen molar-refractivity contribution in [3.63, 3.8) is 0 Å². The van der Waals surface area contributed by atoms with Crippen LogP contribution in [-0.2, 0) is 33.4 Å². The van der Waals surface area contributed by atoms with Crippen LogP contribution in [0.3, 0.4) is 0 Å². The Morgan fingerprint density at radius 1 is 0.643 bits per heavy atom. The van der Waals surface area contributed by atoms with Gasteiger partial charge in [-0.3, -0.25) is 19.2 Å². The van der Waals surface area contributed by atoms with Crippen molar-refractivity contribution >= 4 is 23.7 Å². The van der Waals surface area contributed by atoms with Crippen molar-refractivity contribution in [1.82, 2.24) is 0 Å². The highest BCUT2D eigenvalue weighted by atomic mass is 16.5. The fourth-order valence-corrected chi connectivity index (χ4v) is 5.51. The fourth-order valence-electron chi connectivity index (χ4n) is 5.51. The van der Waals surface area contributed by atoms with E-state index in [0.717, 1.165) is 0 Å². The Labute approximate surface area is 251 Å². The zero-order valence-electron chi connectivity index (χ0n) is 25.9. The molecule has 0 radical (unpaired) electrons. The maximum Gasteiger partial charge on any atom is 0.315 e. The number of hydrogen-bond donors (Lipinski definition) is 2. The molecular weight excluding hydrogens is 540 g/mol. The molecular formula is C33H52O9. The van der Waals surface area contributed by atoms with Crippen molar-refractivity contribution in [1.29, 1.82) is 0 Å². The Morgan fingerprint density at radius 3 is 1.14 bits per heavy atom. The summed E-state index contributed by atoms with van der Waals surface area (Å²) in [6.45, 7) is 17.6. The second-order valence-electron chi connectivity index (χ2n) is 11.2. The molecule has 0 aromatic heterocycles. The summed E-state index contributed by atoms with van der Waals surface area (Å²) in [6.07, 6.45) is 11.7. The third kappa shape index (κ3) is 10.2. The van der Waals surface area contributed by atoms with Crippen molar-refractivity contribution < 1.29 is 43.6 Å². The SMILES string of the molecule is C=CC1(C(=O)OCC)CCC(=O)CC1.C=CC1(C(=O)OCC)CCC(O)CC1.C=CC1(C(=O)OCC)CCC(O)CC1. The number of ether oxygens (including phenoxy) is 3. The van der Waals surface area contributed by atoms with Crippen LogP contribution in [0.15, 0.2) is 38.0 Å². The molecule has 0 heterocycles. The third-order valence-corrected chi connectivity index (χ3v) is 8.61. The summed E-state index contributed by atoms with van der Waals surface area (Å²) in [4.78, 5) is 46.1. The average molecular weight is 593 g/mol. The first kappa shape index (κ1) is 37.2. The maximum absolute atomic E-state index is 11.7. The van der Waals surface area contributed by atoms with Gasteiger partial charge >= 0.3 is 17.9 Å². The number of hydrogen-bond acceptors (Lipinski definition) is 9. The molecule has 9 heteroatoms. The number of aliphatic hydroxyl groups excluding tert-OH is 2. The normalized spacial score (nSPS) is 28.3. The van der Waals surface area contributed by atoms with Crippen LogP contribution in [0.5, 0.6) is 0 Å². The number of carbonyl (C=O) groups excluding carboxylic acids is 4. The van der Waals surface area contributed by atoms with Gasteiger partial charge in [0.2, 0.25) is 0 Å². The van der Waals surface area contributed by atoms with Crippen molar-refractivity contribution in [2.45, 2.75) is 110 Å². The first-order valence-corrected chi connectivity index (χ1v) is 15.2. The van der Waals surface area contributed by atoms with Gasteiger partial charge in [-0.1, -0.05) is 18.2 Å². The van der Waals surface area contributed by atoms with E-state index in [9.17, 15) is 29.4 Å². The zero-order valence-corrected chi connectivity index (χ0v) is 25.9. The topological polar surface area (TPSA) is 136 Å². The van der Waals surface area contributed by atoms with E-state index in [4.69, 9.17) is 14.2 Å². The van der Waals surface area contributed by atoms with Gasteiger partial charge in [0, 0.05) is 12.8 Å². The molecule has 42 heavy (non-hydrogen) atoms. The summed E-state index contributed by atoms with van der Waals surface area (Å²) in [5.74, 6) is -0.391. The number of rotatable bonds is 9. The van der Waals surface area contributed by atoms with E-state index in [1.807, 2.05) is 0 Å². The van der Waals surface area contributed by atoms with Crippen LogP contribution < -0.4 is 0 Å². The third-order valence-electron chi connectivity index (χ3n) is 8.61. The molecule has 0 bridgehead atoms. The molecule has 0 saturated heterocycles. The Morgan fingerprint density at radius 2 is 0.905 bits per heavy atom. The van der Waals surface area contributed by atoms with E-state index < -0.39 is 16.2 Å². The molecule has 0 atom stereocenters. The fraction of sp³-hybridized carbons (Fsp3) is 0.697. The highest BCUT2D eigenvalue weighted by Gasteiger charge is 2.42. The largest absolute Gasteiger partial charge is 0.465 e. The molecule has 238 valence electrons. The van der Waals surface area contributed by atoms with Crippen molar-refractivity contribution in [2.75, 3.05) is 19.8 Å². The van der Waals surface area contributed by atoms with Gasteiger partial charge in [0.15, 0.2) is 0 Å². The predicted molar refractivity (Wildman–Crippen MR) is 160 cm³/mol. The van der Waals surface area contributed by atoms with Gasteiger partial charge < -0.3 is 24.4 Å². The Bertz CT molecular complexity index is 864. The van der Waals surface area contributed by atoms with E-state index >= 15 is 0 Å².